The number of aliphatic hydroxyl groups is 1. The van der Waals surface area contributed by atoms with Crippen LogP contribution in [-0.2, 0) is 10.3 Å². The lowest BCUT2D eigenvalue weighted by atomic mass is 9.93. The number of alkyl halides is 2. The molecule has 0 aliphatic carbocycles. The summed E-state index contributed by atoms with van der Waals surface area (Å²) in [7, 11) is 0. The van der Waals surface area contributed by atoms with Crippen molar-refractivity contribution < 1.29 is 28.2 Å². The number of fused-ring (bicyclic) bond motifs is 9. The Morgan fingerprint density at radius 1 is 1.16 bits per heavy atom. The largest absolute Gasteiger partial charge is 0.449 e. The molecule has 2 atom stereocenters. The normalized spacial score (nSPS) is 18.0. The van der Waals surface area contributed by atoms with Crippen molar-refractivity contribution in [3.05, 3.63) is 66.0 Å². The topological polar surface area (TPSA) is 103 Å². The summed E-state index contributed by atoms with van der Waals surface area (Å²) >= 11 is 0. The van der Waals surface area contributed by atoms with E-state index in [1.807, 2.05) is 22.8 Å². The molecule has 0 spiro atoms. The van der Waals surface area contributed by atoms with Crippen LogP contribution in [0, 0.1) is 0 Å². The van der Waals surface area contributed by atoms with Gasteiger partial charge in [-0.1, -0.05) is 12.1 Å². The van der Waals surface area contributed by atoms with E-state index in [1.165, 1.54) is 11.0 Å². The second kappa shape index (κ2) is 8.73. The van der Waals surface area contributed by atoms with Crippen LogP contribution >= 0.6 is 0 Å². The lowest BCUT2D eigenvalue weighted by Gasteiger charge is -2.34. The van der Waals surface area contributed by atoms with E-state index in [-0.39, 0.29) is 18.4 Å². The van der Waals surface area contributed by atoms with E-state index in [2.05, 4.69) is 9.97 Å². The number of rotatable bonds is 5. The molecule has 4 heterocycles. The number of amides is 1. The maximum Gasteiger partial charge on any atom is 0.414 e. The van der Waals surface area contributed by atoms with Gasteiger partial charge in [-0.3, -0.25) is 4.90 Å². The van der Waals surface area contributed by atoms with Crippen molar-refractivity contribution in [1.82, 2.24) is 19.5 Å². The molecule has 4 aromatic rings. The summed E-state index contributed by atoms with van der Waals surface area (Å²) in [5.74, 6) is 0.961. The fourth-order valence-electron chi connectivity index (χ4n) is 5.40. The van der Waals surface area contributed by atoms with E-state index < -0.39 is 24.3 Å². The molecule has 38 heavy (non-hydrogen) atoms. The average molecular weight is 522 g/mol. The van der Waals surface area contributed by atoms with E-state index in [0.29, 0.717) is 34.8 Å². The molecule has 9 nitrogen and oxygen atoms in total. The van der Waals surface area contributed by atoms with Crippen molar-refractivity contribution in [2.45, 2.75) is 51.5 Å². The first kappa shape index (κ1) is 24.2. The van der Waals surface area contributed by atoms with Gasteiger partial charge >= 0.3 is 12.7 Å². The summed E-state index contributed by atoms with van der Waals surface area (Å²) in [4.78, 5) is 28.0. The van der Waals surface area contributed by atoms with Crippen LogP contribution in [0.2, 0.25) is 0 Å². The van der Waals surface area contributed by atoms with Gasteiger partial charge < -0.3 is 19.1 Å². The molecule has 196 valence electrons. The van der Waals surface area contributed by atoms with E-state index in [4.69, 9.17) is 14.5 Å². The first-order valence-corrected chi connectivity index (χ1v) is 12.3. The monoisotopic (exact) mass is 521 g/mol. The molecule has 6 rings (SSSR count). The zero-order valence-corrected chi connectivity index (χ0v) is 20.9. The molecular weight excluding hydrogens is 496 g/mol. The van der Waals surface area contributed by atoms with Crippen molar-refractivity contribution in [1.29, 1.82) is 0 Å². The van der Waals surface area contributed by atoms with Gasteiger partial charge in [-0.25, -0.2) is 19.7 Å². The highest BCUT2D eigenvalue weighted by Crippen LogP contribution is 2.55. The fourth-order valence-corrected chi connectivity index (χ4v) is 5.40. The van der Waals surface area contributed by atoms with Crippen LogP contribution in [0.4, 0.5) is 19.3 Å². The first-order valence-electron chi connectivity index (χ1n) is 12.3. The Balaban J connectivity index is 1.51. The van der Waals surface area contributed by atoms with Crippen LogP contribution in [0.25, 0.3) is 22.2 Å². The lowest BCUT2D eigenvalue weighted by molar-refractivity contribution is -0.0506. The Morgan fingerprint density at radius 2 is 1.92 bits per heavy atom. The lowest BCUT2D eigenvalue weighted by Crippen LogP contribution is -2.37. The van der Waals surface area contributed by atoms with E-state index >= 15 is 0 Å². The van der Waals surface area contributed by atoms with Gasteiger partial charge in [-0.2, -0.15) is 8.78 Å². The molecule has 2 aliphatic rings. The van der Waals surface area contributed by atoms with Gasteiger partial charge in [0.1, 0.15) is 23.2 Å². The summed E-state index contributed by atoms with van der Waals surface area (Å²) in [5, 5.41) is 10.2. The maximum atomic E-state index is 13.4. The second-order valence-corrected chi connectivity index (χ2v) is 9.80. The molecule has 1 amide bonds. The number of aromatic nitrogens is 4. The van der Waals surface area contributed by atoms with Crippen LogP contribution in [0.3, 0.4) is 0 Å². The van der Waals surface area contributed by atoms with Gasteiger partial charge in [-0.05, 0) is 50.6 Å². The summed E-state index contributed by atoms with van der Waals surface area (Å²) < 4.78 is 39.0. The number of ether oxygens (including phenoxy) is 2. The van der Waals surface area contributed by atoms with Gasteiger partial charge in [0.25, 0.3) is 0 Å². The molecule has 0 saturated carbocycles. The third kappa shape index (κ3) is 3.76. The molecule has 2 aliphatic heterocycles. The van der Waals surface area contributed by atoms with E-state index in [9.17, 15) is 18.7 Å². The number of halogens is 2. The summed E-state index contributed by atoms with van der Waals surface area (Å²) in [5.41, 5.74) is 2.83. The zero-order valence-electron chi connectivity index (χ0n) is 20.9. The van der Waals surface area contributed by atoms with Crippen LogP contribution in [0.5, 0.6) is 5.75 Å². The molecule has 11 heteroatoms. The quantitative estimate of drug-likeness (QED) is 0.379. The molecule has 0 fully saturated rings. The molecule has 0 unspecified atom stereocenters. The SMILES string of the molecule is CCOC(=O)N1c2cccc(OC(F)F)c2[C@@H]2C[C@@H]1c1nc3ccc(-c4cnc(C(C)(C)O)nc4)cc3n12. The van der Waals surface area contributed by atoms with Crippen molar-refractivity contribution in [3.8, 4) is 16.9 Å². The standard InChI is InChI=1S/C27H25F2N5O4/c1-4-37-26(35)34-17-6-5-7-21(38-25(28)29)22(17)19-11-20(34)23-32-16-9-8-14(10-18(16)33(19)23)15-12-30-24(31-13-15)27(2,3)36/h5-10,12-13,19-20,25,36H,4,11H2,1-3H3/t19-,20+/m0/s1. The van der Waals surface area contributed by atoms with Crippen molar-refractivity contribution in [2.24, 2.45) is 0 Å². The smallest absolute Gasteiger partial charge is 0.414 e. The predicted molar refractivity (Wildman–Crippen MR) is 134 cm³/mol. The van der Waals surface area contributed by atoms with Gasteiger partial charge in [-0.15, -0.1) is 0 Å². The first-order chi connectivity index (χ1) is 18.2. The molecule has 0 saturated heterocycles. The molecule has 0 radical (unpaired) electrons. The molecular formula is C27H25F2N5O4. The number of anilines is 1. The van der Waals surface area contributed by atoms with Gasteiger partial charge in [0.15, 0.2) is 5.82 Å². The minimum Gasteiger partial charge on any atom is -0.449 e. The number of carbonyl (C=O) groups excluding carboxylic acids is 1. The zero-order chi connectivity index (χ0) is 26.8. The third-order valence-electron chi connectivity index (χ3n) is 6.93. The second-order valence-electron chi connectivity index (χ2n) is 9.80. The van der Waals surface area contributed by atoms with Gasteiger partial charge in [0.2, 0.25) is 0 Å². The van der Waals surface area contributed by atoms with Crippen molar-refractivity contribution >= 4 is 22.8 Å². The van der Waals surface area contributed by atoms with Crippen LogP contribution in [0.15, 0.2) is 48.8 Å². The highest BCUT2D eigenvalue weighted by molar-refractivity contribution is 5.93. The number of nitrogens with zero attached hydrogens (tertiary/aromatic N) is 5. The average Bonchev–Trinajstić information content (AvgIpc) is 3.39. The Bertz CT molecular complexity index is 1550. The van der Waals surface area contributed by atoms with Crippen LogP contribution < -0.4 is 9.64 Å². The van der Waals surface area contributed by atoms with E-state index in [0.717, 1.165) is 16.6 Å². The number of benzene rings is 2. The third-order valence-corrected chi connectivity index (χ3v) is 6.93. The highest BCUT2D eigenvalue weighted by Gasteiger charge is 2.48. The highest BCUT2D eigenvalue weighted by atomic mass is 19.3. The fraction of sp³-hybridized carbons (Fsp3) is 0.333. The summed E-state index contributed by atoms with van der Waals surface area (Å²) in [6.07, 6.45) is 3.17. The van der Waals surface area contributed by atoms with Crippen molar-refractivity contribution in [3.63, 3.8) is 0 Å². The van der Waals surface area contributed by atoms with Crippen LogP contribution in [-0.4, -0.2) is 43.9 Å². The molecule has 2 aromatic heterocycles. The molecule has 1 N–H and O–H groups in total. The Labute approximate surface area is 216 Å². The maximum absolute atomic E-state index is 13.4. The minimum atomic E-state index is -3.02. The summed E-state index contributed by atoms with van der Waals surface area (Å²) in [6.45, 7) is 2.10. The Hall–Kier alpha value is -4.12. The Morgan fingerprint density at radius 3 is 2.61 bits per heavy atom. The number of imidazole rings is 1. The van der Waals surface area contributed by atoms with Crippen molar-refractivity contribution in [2.75, 3.05) is 11.5 Å². The number of carbonyl (C=O) groups is 1. The van der Waals surface area contributed by atoms with Gasteiger partial charge in [0, 0.05) is 29.9 Å². The molecule has 2 bridgehead atoms. The van der Waals surface area contributed by atoms with Crippen LogP contribution in [0.1, 0.15) is 56.5 Å². The Kier molecular flexibility index (Phi) is 5.56. The minimum absolute atomic E-state index is 0.0108. The number of hydrogen-bond acceptors (Lipinski definition) is 7. The molecule has 2 aromatic carbocycles. The predicted octanol–water partition coefficient (Wildman–Crippen LogP) is 5.33. The van der Waals surface area contributed by atoms with E-state index in [1.54, 1.807) is 45.3 Å². The number of hydrogen-bond donors (Lipinski definition) is 1. The van der Waals surface area contributed by atoms with Gasteiger partial charge in [0.05, 0.1) is 29.4 Å². The summed E-state index contributed by atoms with van der Waals surface area (Å²) in [6, 6.07) is 9.69.